The number of hydrogen-bond donors (Lipinski definition) is 0. The number of rotatable bonds is 0. The van der Waals surface area contributed by atoms with E-state index in [4.69, 9.17) is 3.32 Å². The summed E-state index contributed by atoms with van der Waals surface area (Å²) in [5, 5.41) is 0. The minimum atomic E-state index is 0. The molecule has 0 aliphatic carbocycles. The molecular formula is OPtTi2. The van der Waals surface area contributed by atoms with Gasteiger partial charge in [0, 0.05) is 42.8 Å². The summed E-state index contributed by atoms with van der Waals surface area (Å²) in [6.07, 6.45) is 0. The average Bonchev–Trinajstić information content (AvgIpc) is 1.00. The quantitative estimate of drug-likeness (QED) is 0.570. The fraction of sp³-hybridized carbons (Fsp3) is 0. The maximum Gasteiger partial charge on any atom is 0 e. The Kier molecular flexibility index (Phi) is 86.3. The van der Waals surface area contributed by atoms with Gasteiger partial charge >= 0.3 is 23.7 Å². The van der Waals surface area contributed by atoms with E-state index in [1.54, 1.807) is 0 Å². The second-order valence-electron chi connectivity index (χ2n) is 0. The average molecular weight is 307 g/mol. The Labute approximate surface area is 65.8 Å². The van der Waals surface area contributed by atoms with Crippen molar-refractivity contribution in [2.45, 2.75) is 0 Å². The third kappa shape index (κ3) is 9.07. The molecule has 24 valence electrons. The van der Waals surface area contributed by atoms with Crippen LogP contribution in [0.25, 0.3) is 0 Å². The van der Waals surface area contributed by atoms with Crippen molar-refractivity contribution in [2.24, 2.45) is 0 Å². The van der Waals surface area contributed by atoms with Crippen molar-refractivity contribution in [3.63, 3.8) is 0 Å². The molecule has 0 aromatic heterocycles. The molecule has 0 aromatic carbocycles. The normalized spacial score (nSPS) is 0.750. The molecule has 4 heteroatoms. The Hall–Kier alpha value is 1.92. The van der Waals surface area contributed by atoms with Crippen LogP contribution in [0.3, 0.4) is 0 Å². The molecule has 0 fully saturated rings. The zero-order chi connectivity index (χ0) is 2.00. The molecule has 0 unspecified atom stereocenters. The predicted molar refractivity (Wildman–Crippen MR) is 0.686 cm³/mol. The van der Waals surface area contributed by atoms with Gasteiger partial charge in [0.15, 0.2) is 0 Å². The van der Waals surface area contributed by atoms with Gasteiger partial charge in [0.25, 0.3) is 0 Å². The van der Waals surface area contributed by atoms with Crippen LogP contribution in [0.15, 0.2) is 0 Å². The van der Waals surface area contributed by atoms with Crippen molar-refractivity contribution in [3.05, 3.63) is 0 Å². The summed E-state index contributed by atoms with van der Waals surface area (Å²) in [6.45, 7) is 0. The third-order valence-corrected chi connectivity index (χ3v) is 0. The van der Waals surface area contributed by atoms with Crippen LogP contribution in [0.1, 0.15) is 0 Å². The second kappa shape index (κ2) is 20.5. The SMILES string of the molecule is [O]=[Ti].[Pt].[Ti]. The maximum atomic E-state index is 8.25. The molecule has 0 atom stereocenters. The molecule has 0 bridgehead atoms. The molecule has 0 rings (SSSR count). The first kappa shape index (κ1) is 16.8. The van der Waals surface area contributed by atoms with E-state index in [0.717, 1.165) is 20.4 Å². The van der Waals surface area contributed by atoms with Crippen molar-refractivity contribution in [1.29, 1.82) is 0 Å². The van der Waals surface area contributed by atoms with E-state index in [0.29, 0.717) is 0 Å². The van der Waals surface area contributed by atoms with E-state index in [9.17, 15) is 0 Å². The van der Waals surface area contributed by atoms with Gasteiger partial charge in [0.2, 0.25) is 0 Å². The van der Waals surface area contributed by atoms with Crippen molar-refractivity contribution in [2.75, 3.05) is 0 Å². The van der Waals surface area contributed by atoms with Crippen LogP contribution in [0.2, 0.25) is 0 Å². The molecule has 4 heavy (non-hydrogen) atoms. The van der Waals surface area contributed by atoms with Gasteiger partial charge in [-0.1, -0.05) is 0 Å². The van der Waals surface area contributed by atoms with Crippen LogP contribution in [0.4, 0.5) is 0 Å². The van der Waals surface area contributed by atoms with E-state index in [-0.39, 0.29) is 42.8 Å². The summed E-state index contributed by atoms with van der Waals surface area (Å²) in [5.41, 5.74) is 0. The maximum absolute atomic E-state index is 8.25. The number of hydrogen-bond acceptors (Lipinski definition) is 1. The predicted octanol–water partition coefficient (Wildman–Crippen LogP) is -0.126. The van der Waals surface area contributed by atoms with Gasteiger partial charge in [-0.15, -0.1) is 0 Å². The van der Waals surface area contributed by atoms with Gasteiger partial charge in [-0.05, 0) is 0 Å². The summed E-state index contributed by atoms with van der Waals surface area (Å²) in [6, 6.07) is 0. The van der Waals surface area contributed by atoms with Crippen LogP contribution in [-0.4, -0.2) is 0 Å². The van der Waals surface area contributed by atoms with Crippen molar-refractivity contribution in [1.82, 2.24) is 0 Å². The smallest absolute Gasteiger partial charge is 0 e. The van der Waals surface area contributed by atoms with Crippen LogP contribution in [0, 0.1) is 0 Å². The molecule has 0 saturated carbocycles. The Morgan fingerprint density at radius 2 is 1.25 bits per heavy atom. The third-order valence-electron chi connectivity index (χ3n) is 0. The Bertz CT molecular complexity index is 6.00. The summed E-state index contributed by atoms with van der Waals surface area (Å²) >= 11 is 0.750. The summed E-state index contributed by atoms with van der Waals surface area (Å²) < 4.78 is 8.25. The van der Waals surface area contributed by atoms with E-state index >= 15 is 0 Å². The summed E-state index contributed by atoms with van der Waals surface area (Å²) in [5.74, 6) is 0. The topological polar surface area (TPSA) is 17.1 Å². The molecule has 0 N–H and O–H groups in total. The van der Waals surface area contributed by atoms with Gasteiger partial charge in [0.1, 0.15) is 0 Å². The fourth-order valence-electron chi connectivity index (χ4n) is 0. The Morgan fingerprint density at radius 3 is 1.25 bits per heavy atom. The van der Waals surface area contributed by atoms with Crippen molar-refractivity contribution in [3.8, 4) is 0 Å². The fourth-order valence-corrected chi connectivity index (χ4v) is 0. The van der Waals surface area contributed by atoms with Crippen LogP contribution in [0.5, 0.6) is 0 Å². The molecule has 0 saturated heterocycles. The van der Waals surface area contributed by atoms with Gasteiger partial charge in [-0.2, -0.15) is 0 Å². The first-order valence-corrected chi connectivity index (χ1v) is 0.842. The molecule has 1 nitrogen and oxygen atoms in total. The molecule has 0 heterocycles. The molecule has 0 amide bonds. The first-order valence-electron chi connectivity index (χ1n) is 0.204. The van der Waals surface area contributed by atoms with Gasteiger partial charge in [-0.25, -0.2) is 0 Å². The zero-order valence-electron chi connectivity index (χ0n) is 1.72. The minimum absolute atomic E-state index is 0. The van der Waals surface area contributed by atoms with Crippen LogP contribution >= 0.6 is 0 Å². The van der Waals surface area contributed by atoms with E-state index < -0.39 is 0 Å². The van der Waals surface area contributed by atoms with E-state index in [2.05, 4.69) is 0 Å². The second-order valence-corrected chi connectivity index (χ2v) is 0. The van der Waals surface area contributed by atoms with E-state index in [1.807, 2.05) is 0 Å². The first-order chi connectivity index (χ1) is 1.00. The van der Waals surface area contributed by atoms with Gasteiger partial charge in [0.05, 0.1) is 0 Å². The summed E-state index contributed by atoms with van der Waals surface area (Å²) in [7, 11) is 0. The van der Waals surface area contributed by atoms with E-state index in [1.165, 1.54) is 0 Å². The largest absolute Gasteiger partial charge is 0 e. The molecule has 0 radical (unpaired) electrons. The molecule has 0 aliphatic rings. The van der Waals surface area contributed by atoms with Gasteiger partial charge < -0.3 is 0 Å². The molecule has 0 spiro atoms. The van der Waals surface area contributed by atoms with Crippen LogP contribution < -0.4 is 0 Å². The summed E-state index contributed by atoms with van der Waals surface area (Å²) in [4.78, 5) is 0. The van der Waals surface area contributed by atoms with Gasteiger partial charge in [-0.3, -0.25) is 0 Å². The Balaban J connectivity index is -0.00000000500. The zero-order valence-corrected chi connectivity index (χ0v) is 7.12. The van der Waals surface area contributed by atoms with Crippen LogP contribution in [-0.2, 0) is 66.5 Å². The van der Waals surface area contributed by atoms with Crippen molar-refractivity contribution < 1.29 is 66.5 Å². The minimum Gasteiger partial charge on any atom is 0 e. The van der Waals surface area contributed by atoms with Crippen molar-refractivity contribution >= 4 is 0 Å². The molecule has 0 aromatic rings. The molecular weight excluding hydrogens is 307 g/mol. The Morgan fingerprint density at radius 1 is 1.25 bits per heavy atom. The molecule has 0 aliphatic heterocycles. The standard InChI is InChI=1S/O.Pt.2Ti. The monoisotopic (exact) mass is 307 g/mol.